The minimum absolute atomic E-state index is 0.267. The Morgan fingerprint density at radius 3 is 2.85 bits per heavy atom. The number of aryl methyl sites for hydroxylation is 2. The second-order valence-electron chi connectivity index (χ2n) is 2.76. The van der Waals surface area contributed by atoms with Gasteiger partial charge in [0.15, 0.2) is 5.65 Å². The molecule has 0 saturated carbocycles. The molecule has 0 aliphatic carbocycles. The molecule has 6 heteroatoms. The lowest BCUT2D eigenvalue weighted by Crippen LogP contribution is -2.19. The molecule has 2 heterocycles. The molecule has 0 aliphatic heterocycles. The first-order valence-electron chi connectivity index (χ1n) is 3.71. The van der Waals surface area contributed by atoms with Crippen molar-refractivity contribution < 1.29 is 0 Å². The van der Waals surface area contributed by atoms with Crippen LogP contribution >= 0.6 is 15.9 Å². The van der Waals surface area contributed by atoms with Gasteiger partial charge >= 0.3 is 5.69 Å². The maximum atomic E-state index is 11.3. The van der Waals surface area contributed by atoms with E-state index in [0.29, 0.717) is 11.5 Å². The fourth-order valence-corrected chi connectivity index (χ4v) is 1.46. The van der Waals surface area contributed by atoms with Gasteiger partial charge in [0.2, 0.25) is 0 Å². The van der Waals surface area contributed by atoms with Crippen LogP contribution in [0.15, 0.2) is 9.27 Å². The highest BCUT2D eigenvalue weighted by molar-refractivity contribution is 9.10. The number of aromatic nitrogens is 4. The minimum Gasteiger partial charge on any atom is -0.294 e. The number of rotatable bonds is 0. The van der Waals surface area contributed by atoms with Gasteiger partial charge in [-0.25, -0.2) is 9.78 Å². The average Bonchev–Trinajstić information content (AvgIpc) is 2.32. The van der Waals surface area contributed by atoms with Crippen LogP contribution in [0.5, 0.6) is 0 Å². The van der Waals surface area contributed by atoms with Crippen LogP contribution in [0.1, 0.15) is 11.5 Å². The molecule has 0 aliphatic rings. The zero-order valence-corrected chi connectivity index (χ0v) is 8.71. The Hall–Kier alpha value is -1.17. The van der Waals surface area contributed by atoms with E-state index in [2.05, 4.69) is 31.0 Å². The van der Waals surface area contributed by atoms with Crippen molar-refractivity contribution in [2.45, 2.75) is 13.8 Å². The molecule has 0 spiro atoms. The number of halogens is 1. The Kier molecular flexibility index (Phi) is 1.73. The Morgan fingerprint density at radius 2 is 2.15 bits per heavy atom. The second-order valence-corrected chi connectivity index (χ2v) is 3.56. The summed E-state index contributed by atoms with van der Waals surface area (Å²) >= 11 is 3.32. The predicted octanol–water partition coefficient (Wildman–Crippen LogP) is 0.797. The van der Waals surface area contributed by atoms with Crippen molar-refractivity contribution in [2.75, 3.05) is 0 Å². The van der Waals surface area contributed by atoms with Gasteiger partial charge in [-0.15, -0.1) is 0 Å². The van der Waals surface area contributed by atoms with E-state index in [4.69, 9.17) is 0 Å². The van der Waals surface area contributed by atoms with Gasteiger partial charge in [-0.1, -0.05) is 0 Å². The van der Waals surface area contributed by atoms with Crippen LogP contribution in [0.4, 0.5) is 0 Å². The highest BCUT2D eigenvalue weighted by atomic mass is 79.9. The molecule has 0 radical (unpaired) electrons. The van der Waals surface area contributed by atoms with Crippen molar-refractivity contribution in [3.63, 3.8) is 0 Å². The highest BCUT2D eigenvalue weighted by Gasteiger charge is 2.09. The highest BCUT2D eigenvalue weighted by Crippen LogP contribution is 2.18. The Morgan fingerprint density at radius 1 is 1.46 bits per heavy atom. The molecule has 0 amide bonds. The Balaban J connectivity index is 3.03. The van der Waals surface area contributed by atoms with Crippen molar-refractivity contribution in [3.8, 4) is 0 Å². The fraction of sp³-hybridized carbons (Fsp3) is 0.286. The molecule has 2 aromatic heterocycles. The van der Waals surface area contributed by atoms with Gasteiger partial charge in [-0.2, -0.15) is 9.61 Å². The number of nitrogens with zero attached hydrogens (tertiary/aromatic N) is 3. The molecule has 1 N–H and O–H groups in total. The lowest BCUT2D eigenvalue weighted by atomic mass is 10.5. The predicted molar refractivity (Wildman–Crippen MR) is 50.8 cm³/mol. The standard InChI is InChI=1S/C7H7BrN4O/c1-3-5(8)6-9-4(2)10-7(13)12(6)11-3/h1-2H3,(H,9,10,13). The molecule has 2 rings (SSSR count). The molecule has 2 aromatic rings. The number of hydrogen-bond donors (Lipinski definition) is 1. The summed E-state index contributed by atoms with van der Waals surface area (Å²) in [6.07, 6.45) is 0. The summed E-state index contributed by atoms with van der Waals surface area (Å²) < 4.78 is 2.01. The molecule has 13 heavy (non-hydrogen) atoms. The minimum atomic E-state index is -0.267. The summed E-state index contributed by atoms with van der Waals surface area (Å²) in [5.74, 6) is 0.582. The summed E-state index contributed by atoms with van der Waals surface area (Å²) in [5.41, 5.74) is 1.04. The SMILES string of the molecule is Cc1nc2c(Br)c(C)nn2c(=O)[nH]1. The number of hydrogen-bond acceptors (Lipinski definition) is 3. The summed E-state index contributed by atoms with van der Waals surface area (Å²) in [6, 6.07) is 0. The van der Waals surface area contributed by atoms with Crippen LogP contribution in [0, 0.1) is 13.8 Å². The van der Waals surface area contributed by atoms with Gasteiger partial charge < -0.3 is 0 Å². The molecule has 0 bridgehead atoms. The van der Waals surface area contributed by atoms with Crippen LogP contribution in [-0.4, -0.2) is 19.6 Å². The van der Waals surface area contributed by atoms with E-state index < -0.39 is 0 Å². The van der Waals surface area contributed by atoms with E-state index in [0.717, 1.165) is 10.2 Å². The molecule has 5 nitrogen and oxygen atoms in total. The average molecular weight is 243 g/mol. The van der Waals surface area contributed by atoms with Gasteiger partial charge in [0, 0.05) is 0 Å². The number of nitrogens with one attached hydrogen (secondary N) is 1. The molecule has 0 aromatic carbocycles. The van der Waals surface area contributed by atoms with Gasteiger partial charge in [0.05, 0.1) is 10.2 Å². The molecular weight excluding hydrogens is 236 g/mol. The summed E-state index contributed by atoms with van der Waals surface area (Å²) in [7, 11) is 0. The van der Waals surface area contributed by atoms with E-state index in [-0.39, 0.29) is 5.69 Å². The Labute approximate surface area is 81.9 Å². The number of H-pyrrole nitrogens is 1. The third-order valence-electron chi connectivity index (χ3n) is 1.72. The normalized spacial score (nSPS) is 11.0. The zero-order valence-electron chi connectivity index (χ0n) is 7.13. The monoisotopic (exact) mass is 242 g/mol. The van der Waals surface area contributed by atoms with Gasteiger partial charge in [-0.05, 0) is 29.8 Å². The lowest BCUT2D eigenvalue weighted by Gasteiger charge is -1.93. The molecule has 0 fully saturated rings. The van der Waals surface area contributed by atoms with Crippen LogP contribution in [0.3, 0.4) is 0 Å². The van der Waals surface area contributed by atoms with Crippen LogP contribution in [0.25, 0.3) is 5.65 Å². The van der Waals surface area contributed by atoms with Gasteiger partial charge in [0.1, 0.15) is 5.82 Å². The maximum absolute atomic E-state index is 11.3. The van der Waals surface area contributed by atoms with Crippen molar-refractivity contribution in [2.24, 2.45) is 0 Å². The second kappa shape index (κ2) is 2.66. The molecular formula is C7H7BrN4O. The maximum Gasteiger partial charge on any atom is 0.349 e. The zero-order chi connectivity index (χ0) is 9.59. The number of aromatic amines is 1. The van der Waals surface area contributed by atoms with Crippen LogP contribution in [-0.2, 0) is 0 Å². The third-order valence-corrected chi connectivity index (χ3v) is 2.65. The molecule has 0 unspecified atom stereocenters. The van der Waals surface area contributed by atoms with Gasteiger partial charge in [-0.3, -0.25) is 4.98 Å². The van der Waals surface area contributed by atoms with E-state index >= 15 is 0 Å². The summed E-state index contributed by atoms with van der Waals surface area (Å²) in [4.78, 5) is 18.1. The van der Waals surface area contributed by atoms with E-state index in [1.807, 2.05) is 6.92 Å². The van der Waals surface area contributed by atoms with E-state index in [1.165, 1.54) is 4.52 Å². The van der Waals surface area contributed by atoms with Crippen molar-refractivity contribution in [3.05, 3.63) is 26.5 Å². The lowest BCUT2D eigenvalue weighted by molar-refractivity contribution is 0.810. The quantitative estimate of drug-likeness (QED) is 0.744. The van der Waals surface area contributed by atoms with Gasteiger partial charge in [0.25, 0.3) is 0 Å². The van der Waals surface area contributed by atoms with Crippen molar-refractivity contribution in [1.29, 1.82) is 0 Å². The topological polar surface area (TPSA) is 63.1 Å². The molecule has 0 atom stereocenters. The van der Waals surface area contributed by atoms with Crippen molar-refractivity contribution in [1.82, 2.24) is 19.6 Å². The van der Waals surface area contributed by atoms with Crippen molar-refractivity contribution >= 4 is 21.6 Å². The molecule has 68 valence electrons. The molecule has 0 saturated heterocycles. The van der Waals surface area contributed by atoms with Crippen LogP contribution in [0.2, 0.25) is 0 Å². The Bertz CT molecular complexity index is 527. The van der Waals surface area contributed by atoms with E-state index in [9.17, 15) is 4.79 Å². The summed E-state index contributed by atoms with van der Waals surface area (Å²) in [6.45, 7) is 3.55. The first-order chi connectivity index (χ1) is 6.09. The fourth-order valence-electron chi connectivity index (χ4n) is 1.13. The smallest absolute Gasteiger partial charge is 0.294 e. The first-order valence-corrected chi connectivity index (χ1v) is 4.50. The first kappa shape index (κ1) is 8.43. The third kappa shape index (κ3) is 1.17. The largest absolute Gasteiger partial charge is 0.349 e. The van der Waals surface area contributed by atoms with Crippen LogP contribution < -0.4 is 5.69 Å². The number of fused-ring (bicyclic) bond motifs is 1. The van der Waals surface area contributed by atoms with E-state index in [1.54, 1.807) is 6.92 Å². The summed E-state index contributed by atoms with van der Waals surface area (Å²) in [5, 5.41) is 4.02.